The molecule has 0 radical (unpaired) electrons. The molecule has 3 nitrogen and oxygen atoms in total. The van der Waals surface area contributed by atoms with Gasteiger partial charge in [0.25, 0.3) is 0 Å². The lowest BCUT2D eigenvalue weighted by Crippen LogP contribution is -2.21. The second kappa shape index (κ2) is 5.17. The van der Waals surface area contributed by atoms with Gasteiger partial charge in [0.05, 0.1) is 0 Å². The number of benzene rings is 2. The van der Waals surface area contributed by atoms with Crippen molar-refractivity contribution in [3.05, 3.63) is 70.8 Å². The number of rotatable bonds is 3. The van der Waals surface area contributed by atoms with Crippen LogP contribution in [0, 0.1) is 19.4 Å². The molecule has 0 aromatic heterocycles. The Hall–Kier alpha value is -2.25. The van der Waals surface area contributed by atoms with Crippen LogP contribution in [0.1, 0.15) is 29.2 Å². The Bertz CT molecular complexity index is 628. The van der Waals surface area contributed by atoms with Crippen molar-refractivity contribution in [1.29, 1.82) is 5.53 Å². The van der Waals surface area contributed by atoms with E-state index in [9.17, 15) is 0 Å². The van der Waals surface area contributed by atoms with Crippen LogP contribution in [0.2, 0.25) is 0 Å². The predicted molar refractivity (Wildman–Crippen MR) is 76.1 cm³/mol. The third-order valence-electron chi connectivity index (χ3n) is 3.65. The summed E-state index contributed by atoms with van der Waals surface area (Å²) in [5, 5.41) is 4.16. The van der Waals surface area contributed by atoms with Gasteiger partial charge in [-0.05, 0) is 43.0 Å². The molecule has 0 fully saturated rings. The van der Waals surface area contributed by atoms with E-state index in [0.717, 1.165) is 11.1 Å². The highest BCUT2D eigenvalue weighted by atomic mass is 15.2. The van der Waals surface area contributed by atoms with Crippen LogP contribution in [0.15, 0.2) is 53.6 Å². The van der Waals surface area contributed by atoms with Gasteiger partial charge in [0.2, 0.25) is 4.91 Å². The van der Waals surface area contributed by atoms with E-state index in [4.69, 9.17) is 5.53 Å². The van der Waals surface area contributed by atoms with E-state index in [0.29, 0.717) is 0 Å². The zero-order chi connectivity index (χ0) is 13.9. The van der Waals surface area contributed by atoms with Gasteiger partial charge in [-0.25, -0.2) is 0 Å². The molecule has 0 aliphatic rings. The van der Waals surface area contributed by atoms with Gasteiger partial charge in [-0.2, -0.15) is 0 Å². The van der Waals surface area contributed by atoms with Gasteiger partial charge in [-0.15, -0.1) is 0 Å². The molecule has 1 atom stereocenters. The van der Waals surface area contributed by atoms with E-state index in [2.05, 4.69) is 42.1 Å². The lowest BCUT2D eigenvalue weighted by molar-refractivity contribution is 0.551. The second-order valence-electron chi connectivity index (χ2n) is 4.94. The first kappa shape index (κ1) is 13.2. The van der Waals surface area contributed by atoms with E-state index in [1.807, 2.05) is 37.3 Å². The Morgan fingerprint density at radius 2 is 1.63 bits per heavy atom. The zero-order valence-electron chi connectivity index (χ0n) is 11.5. The Balaban J connectivity index is 2.63. The summed E-state index contributed by atoms with van der Waals surface area (Å²) >= 11 is 0. The summed E-state index contributed by atoms with van der Waals surface area (Å²) in [6, 6.07) is 16.2. The molecule has 1 N–H and O–H groups in total. The van der Waals surface area contributed by atoms with Crippen molar-refractivity contribution in [2.45, 2.75) is 26.3 Å². The Kier molecular flexibility index (Phi) is 3.59. The maximum Gasteiger partial charge on any atom is 0.215 e. The van der Waals surface area contributed by atoms with Gasteiger partial charge in [-0.3, -0.25) is 0 Å². The highest BCUT2D eigenvalue weighted by Gasteiger charge is 2.34. The molecule has 0 aliphatic heterocycles. The molecule has 2 aromatic rings. The van der Waals surface area contributed by atoms with E-state index in [1.54, 1.807) is 0 Å². The summed E-state index contributed by atoms with van der Waals surface area (Å²) in [7, 11) is 0. The number of nitrogens with one attached hydrogen (secondary N) is 1. The molecule has 0 saturated heterocycles. The van der Waals surface area contributed by atoms with E-state index >= 15 is 0 Å². The largest absolute Gasteiger partial charge is 0.215 e. The molecule has 0 amide bonds. The Morgan fingerprint density at radius 1 is 0.947 bits per heavy atom. The summed E-state index contributed by atoms with van der Waals surface area (Å²) in [6.45, 7) is 6.16. The molecule has 0 spiro atoms. The van der Waals surface area contributed by atoms with Crippen molar-refractivity contribution in [2.24, 2.45) is 5.11 Å². The summed E-state index contributed by atoms with van der Waals surface area (Å²) in [5.74, 6) is 0. The molecule has 19 heavy (non-hydrogen) atoms. The van der Waals surface area contributed by atoms with Crippen LogP contribution in [0.5, 0.6) is 0 Å². The third kappa shape index (κ3) is 2.47. The molecule has 2 rings (SSSR count). The maximum atomic E-state index is 7.11. The molecule has 3 heteroatoms. The first-order valence-corrected chi connectivity index (χ1v) is 6.30. The quantitative estimate of drug-likeness (QED) is 0.631. The summed E-state index contributed by atoms with van der Waals surface area (Å²) in [5.41, 5.74) is 11.1. The third-order valence-corrected chi connectivity index (χ3v) is 3.65. The normalized spacial score (nSPS) is 13.4. The number of hydrogen-bond acceptors (Lipinski definition) is 2. The molecular formula is C16H18N3+. The number of nitrogens with zero attached hydrogens (tertiary/aromatic N) is 2. The molecule has 1 unspecified atom stereocenters. The lowest BCUT2D eigenvalue weighted by atomic mass is 9.84. The van der Waals surface area contributed by atoms with Crippen LogP contribution in [0.4, 0.5) is 0 Å². The molecule has 96 valence electrons. The van der Waals surface area contributed by atoms with Crippen molar-refractivity contribution in [3.63, 3.8) is 0 Å². The molecular weight excluding hydrogens is 234 g/mol. The standard InChI is InChI=1S/C16H18N3/c1-12-9-10-15(11-13(12)2)16(3,18-19-17)14-7-5-4-6-8-14/h4-11,17H,1-3H3/q+1. The Morgan fingerprint density at radius 3 is 2.21 bits per heavy atom. The average Bonchev–Trinajstić information content (AvgIpc) is 2.43. The van der Waals surface area contributed by atoms with Gasteiger partial charge in [0.1, 0.15) is 10.6 Å². The van der Waals surface area contributed by atoms with Crippen molar-refractivity contribution in [1.82, 2.24) is 4.91 Å². The smallest absolute Gasteiger partial charge is 0.0622 e. The van der Waals surface area contributed by atoms with Crippen LogP contribution in [0.25, 0.3) is 0 Å². The average molecular weight is 252 g/mol. The van der Waals surface area contributed by atoms with Crippen LogP contribution in [-0.4, -0.2) is 0 Å². The molecule has 0 saturated carbocycles. The summed E-state index contributed by atoms with van der Waals surface area (Å²) < 4.78 is 0. The SMILES string of the molecule is Cc1ccc(C(C)(N=[N+]=N)c2ccccc2)cc1C. The molecule has 2 aromatic carbocycles. The highest BCUT2D eigenvalue weighted by molar-refractivity contribution is 5.41. The van der Waals surface area contributed by atoms with Crippen molar-refractivity contribution >= 4 is 0 Å². The van der Waals surface area contributed by atoms with Crippen molar-refractivity contribution in [3.8, 4) is 0 Å². The van der Waals surface area contributed by atoms with Crippen LogP contribution < -0.4 is 4.91 Å². The lowest BCUT2D eigenvalue weighted by Gasteiger charge is -2.20. The second-order valence-corrected chi connectivity index (χ2v) is 4.94. The van der Waals surface area contributed by atoms with E-state index in [-0.39, 0.29) is 0 Å². The number of hydrogen-bond donors (Lipinski definition) is 1. The van der Waals surface area contributed by atoms with Crippen LogP contribution >= 0.6 is 0 Å². The first-order valence-electron chi connectivity index (χ1n) is 6.30. The summed E-state index contributed by atoms with van der Waals surface area (Å²) in [6.07, 6.45) is 0. The van der Waals surface area contributed by atoms with Crippen molar-refractivity contribution < 1.29 is 0 Å². The first-order chi connectivity index (χ1) is 9.08. The minimum Gasteiger partial charge on any atom is -0.0622 e. The van der Waals surface area contributed by atoms with Gasteiger partial charge in [-0.1, -0.05) is 48.5 Å². The van der Waals surface area contributed by atoms with E-state index in [1.165, 1.54) is 11.1 Å². The fraction of sp³-hybridized carbons (Fsp3) is 0.250. The van der Waals surface area contributed by atoms with Crippen LogP contribution in [-0.2, 0) is 5.54 Å². The topological polar surface area (TPSA) is 50.3 Å². The minimum absolute atomic E-state index is 0.610. The number of aryl methyl sites for hydroxylation is 2. The van der Waals surface area contributed by atoms with Crippen LogP contribution in [0.3, 0.4) is 0 Å². The van der Waals surface area contributed by atoms with E-state index < -0.39 is 5.54 Å². The minimum atomic E-state index is -0.610. The van der Waals surface area contributed by atoms with Gasteiger partial charge in [0, 0.05) is 0 Å². The zero-order valence-corrected chi connectivity index (χ0v) is 11.5. The molecule has 0 aliphatic carbocycles. The maximum absolute atomic E-state index is 7.11. The highest BCUT2D eigenvalue weighted by Crippen LogP contribution is 2.33. The van der Waals surface area contributed by atoms with Gasteiger partial charge in [0.15, 0.2) is 5.54 Å². The Labute approximate surface area is 113 Å². The fourth-order valence-corrected chi connectivity index (χ4v) is 2.19. The predicted octanol–water partition coefficient (Wildman–Crippen LogP) is 4.12. The summed E-state index contributed by atoms with van der Waals surface area (Å²) in [4.78, 5) is 3.29. The fourth-order valence-electron chi connectivity index (χ4n) is 2.19. The molecule has 0 bridgehead atoms. The monoisotopic (exact) mass is 252 g/mol. The van der Waals surface area contributed by atoms with Gasteiger partial charge >= 0.3 is 0 Å². The molecule has 0 heterocycles. The van der Waals surface area contributed by atoms with Crippen molar-refractivity contribution in [2.75, 3.05) is 0 Å². The van der Waals surface area contributed by atoms with Gasteiger partial charge < -0.3 is 0 Å².